The van der Waals surface area contributed by atoms with E-state index in [4.69, 9.17) is 9.47 Å². The van der Waals surface area contributed by atoms with Gasteiger partial charge in [0.15, 0.2) is 0 Å². The molecule has 0 radical (unpaired) electrons. The fourth-order valence-corrected chi connectivity index (χ4v) is 3.43. The minimum atomic E-state index is -4.49. The summed E-state index contributed by atoms with van der Waals surface area (Å²) < 4.78 is 50.7. The van der Waals surface area contributed by atoms with Gasteiger partial charge in [0, 0.05) is 30.5 Å². The molecule has 0 unspecified atom stereocenters. The van der Waals surface area contributed by atoms with Crippen molar-refractivity contribution in [3.63, 3.8) is 0 Å². The molecule has 0 spiro atoms. The number of methoxy groups -OCH3 is 1. The SMILES string of the molecule is CCOC(=O)Cc1ccc(OC)c(-c2ccc(C(F)(F)F)cc2CNCCC(=O)C(C)(C)C)c1. The summed E-state index contributed by atoms with van der Waals surface area (Å²) in [5.74, 6) is 0.144. The lowest BCUT2D eigenvalue weighted by molar-refractivity contribution is -0.142. The van der Waals surface area contributed by atoms with Gasteiger partial charge >= 0.3 is 12.1 Å². The Balaban J connectivity index is 2.39. The van der Waals surface area contributed by atoms with E-state index >= 15 is 0 Å². The van der Waals surface area contributed by atoms with E-state index in [2.05, 4.69) is 5.32 Å². The van der Waals surface area contributed by atoms with Gasteiger partial charge in [-0.3, -0.25) is 9.59 Å². The Morgan fingerprint density at radius 3 is 2.29 bits per heavy atom. The summed E-state index contributed by atoms with van der Waals surface area (Å²) in [6.07, 6.45) is -4.19. The van der Waals surface area contributed by atoms with Crippen LogP contribution in [0.4, 0.5) is 13.2 Å². The Hall–Kier alpha value is -2.87. The first kappa shape index (κ1) is 27.4. The zero-order chi connectivity index (χ0) is 25.5. The van der Waals surface area contributed by atoms with Crippen LogP contribution in [-0.4, -0.2) is 32.0 Å². The van der Waals surface area contributed by atoms with Gasteiger partial charge in [-0.1, -0.05) is 32.9 Å². The number of ketones is 1. The first-order valence-corrected chi connectivity index (χ1v) is 11.1. The number of esters is 1. The number of nitrogens with one attached hydrogen (secondary N) is 1. The molecule has 8 heteroatoms. The van der Waals surface area contributed by atoms with Crippen molar-refractivity contribution >= 4 is 11.8 Å². The Bertz CT molecular complexity index is 1010. The molecular weight excluding hydrogens is 447 g/mol. The fourth-order valence-electron chi connectivity index (χ4n) is 3.43. The van der Waals surface area contributed by atoms with Gasteiger partial charge in [0.2, 0.25) is 0 Å². The van der Waals surface area contributed by atoms with Crippen LogP contribution in [0.1, 0.15) is 50.8 Å². The fraction of sp³-hybridized carbons (Fsp3) is 0.462. The number of alkyl halides is 3. The van der Waals surface area contributed by atoms with Crippen molar-refractivity contribution in [2.45, 2.75) is 53.3 Å². The number of Topliss-reactive ketones (excluding diaryl/α,β-unsaturated/α-hetero) is 1. The second kappa shape index (κ2) is 11.5. The molecule has 34 heavy (non-hydrogen) atoms. The summed E-state index contributed by atoms with van der Waals surface area (Å²) in [6, 6.07) is 8.67. The van der Waals surface area contributed by atoms with E-state index in [1.807, 2.05) is 20.8 Å². The number of hydrogen-bond acceptors (Lipinski definition) is 5. The Morgan fingerprint density at radius 1 is 1.00 bits per heavy atom. The Morgan fingerprint density at radius 2 is 1.71 bits per heavy atom. The van der Waals surface area contributed by atoms with E-state index in [1.165, 1.54) is 13.2 Å². The molecular formula is C26H32F3NO4. The number of rotatable bonds is 10. The zero-order valence-corrected chi connectivity index (χ0v) is 20.3. The van der Waals surface area contributed by atoms with Crippen molar-refractivity contribution in [3.8, 4) is 16.9 Å². The third-order valence-electron chi connectivity index (χ3n) is 5.32. The van der Waals surface area contributed by atoms with E-state index < -0.39 is 23.1 Å². The van der Waals surface area contributed by atoms with Crippen LogP contribution in [0.15, 0.2) is 36.4 Å². The maximum Gasteiger partial charge on any atom is 0.416 e. The summed E-state index contributed by atoms with van der Waals surface area (Å²) in [5, 5.41) is 3.09. The minimum Gasteiger partial charge on any atom is -0.496 e. The van der Waals surface area contributed by atoms with Gasteiger partial charge in [-0.05, 0) is 47.9 Å². The number of carbonyl (C=O) groups is 2. The van der Waals surface area contributed by atoms with Gasteiger partial charge in [0.1, 0.15) is 11.5 Å². The largest absolute Gasteiger partial charge is 0.496 e. The molecule has 0 fully saturated rings. The number of hydrogen-bond donors (Lipinski definition) is 1. The van der Waals surface area contributed by atoms with E-state index in [0.29, 0.717) is 34.5 Å². The maximum absolute atomic E-state index is 13.4. The highest BCUT2D eigenvalue weighted by Gasteiger charge is 2.31. The Labute approximate surface area is 198 Å². The van der Waals surface area contributed by atoms with Crippen LogP contribution in [0.2, 0.25) is 0 Å². The van der Waals surface area contributed by atoms with Gasteiger partial charge in [0.05, 0.1) is 25.7 Å². The van der Waals surface area contributed by atoms with Crippen LogP contribution in [0.3, 0.4) is 0 Å². The summed E-state index contributed by atoms with van der Waals surface area (Å²) >= 11 is 0. The van der Waals surface area contributed by atoms with Crippen LogP contribution in [-0.2, 0) is 33.5 Å². The summed E-state index contributed by atoms with van der Waals surface area (Å²) in [4.78, 5) is 24.1. The first-order chi connectivity index (χ1) is 15.9. The van der Waals surface area contributed by atoms with Crippen LogP contribution in [0.5, 0.6) is 5.75 Å². The highest BCUT2D eigenvalue weighted by atomic mass is 19.4. The molecule has 0 aliphatic heterocycles. The van der Waals surface area contributed by atoms with Crippen molar-refractivity contribution in [2.75, 3.05) is 20.3 Å². The third-order valence-corrected chi connectivity index (χ3v) is 5.32. The quantitative estimate of drug-likeness (QED) is 0.356. The molecule has 0 aliphatic rings. The molecule has 5 nitrogen and oxygen atoms in total. The highest BCUT2D eigenvalue weighted by Crippen LogP contribution is 2.37. The van der Waals surface area contributed by atoms with Crippen molar-refractivity contribution in [3.05, 3.63) is 53.1 Å². The van der Waals surface area contributed by atoms with Gasteiger partial charge in [-0.15, -0.1) is 0 Å². The van der Waals surface area contributed by atoms with E-state index in [-0.39, 0.29) is 31.8 Å². The van der Waals surface area contributed by atoms with Crippen molar-refractivity contribution in [2.24, 2.45) is 5.41 Å². The third kappa shape index (κ3) is 7.58. The molecule has 0 saturated heterocycles. The molecule has 0 aliphatic carbocycles. The molecule has 0 aromatic heterocycles. The smallest absolute Gasteiger partial charge is 0.416 e. The molecule has 1 N–H and O–H groups in total. The lowest BCUT2D eigenvalue weighted by Crippen LogP contribution is -2.25. The van der Waals surface area contributed by atoms with E-state index in [0.717, 1.165) is 12.1 Å². The molecule has 0 heterocycles. The van der Waals surface area contributed by atoms with Crippen LogP contribution >= 0.6 is 0 Å². The molecule has 2 aromatic carbocycles. The van der Waals surface area contributed by atoms with Crippen LogP contribution < -0.4 is 10.1 Å². The molecule has 2 rings (SSSR count). The summed E-state index contributed by atoms with van der Waals surface area (Å²) in [6.45, 7) is 7.93. The predicted molar refractivity (Wildman–Crippen MR) is 125 cm³/mol. The molecule has 2 aromatic rings. The summed E-state index contributed by atoms with van der Waals surface area (Å²) in [5.41, 5.74) is 0.940. The average Bonchev–Trinajstić information content (AvgIpc) is 2.75. The number of ether oxygens (including phenoxy) is 2. The molecule has 186 valence electrons. The van der Waals surface area contributed by atoms with Crippen molar-refractivity contribution in [1.29, 1.82) is 0 Å². The molecule has 0 amide bonds. The molecule has 0 atom stereocenters. The van der Waals surface area contributed by atoms with E-state index in [1.54, 1.807) is 25.1 Å². The maximum atomic E-state index is 13.4. The monoisotopic (exact) mass is 479 g/mol. The van der Waals surface area contributed by atoms with Crippen molar-refractivity contribution < 1.29 is 32.2 Å². The van der Waals surface area contributed by atoms with Gasteiger partial charge in [0.25, 0.3) is 0 Å². The average molecular weight is 480 g/mol. The lowest BCUT2D eigenvalue weighted by atomic mass is 9.89. The second-order valence-electron chi connectivity index (χ2n) is 8.99. The van der Waals surface area contributed by atoms with E-state index in [9.17, 15) is 22.8 Å². The highest BCUT2D eigenvalue weighted by molar-refractivity contribution is 5.83. The molecule has 0 bridgehead atoms. The predicted octanol–water partition coefficient (Wildman–Crippen LogP) is 5.58. The van der Waals surface area contributed by atoms with Gasteiger partial charge in [-0.25, -0.2) is 0 Å². The van der Waals surface area contributed by atoms with Crippen LogP contribution in [0, 0.1) is 5.41 Å². The summed E-state index contributed by atoms with van der Waals surface area (Å²) in [7, 11) is 1.48. The number of benzene rings is 2. The number of halogens is 3. The van der Waals surface area contributed by atoms with Crippen molar-refractivity contribution in [1.82, 2.24) is 5.32 Å². The minimum absolute atomic E-state index is 0.0357. The normalized spacial score (nSPS) is 11.9. The van der Waals surface area contributed by atoms with Gasteiger partial charge < -0.3 is 14.8 Å². The number of carbonyl (C=O) groups excluding carboxylic acids is 2. The lowest BCUT2D eigenvalue weighted by Gasteiger charge is -2.18. The van der Waals surface area contributed by atoms with Crippen LogP contribution in [0.25, 0.3) is 11.1 Å². The second-order valence-corrected chi connectivity index (χ2v) is 8.99. The molecule has 0 saturated carbocycles. The Kier molecular flexibility index (Phi) is 9.27. The standard InChI is InChI=1S/C26H32F3NO4/c1-6-34-24(32)14-17-7-10-22(33-5)21(13-17)20-9-8-19(26(27,28)29)15-18(20)16-30-12-11-23(31)25(2,3)4/h7-10,13,15,30H,6,11-12,14,16H2,1-5H3. The first-order valence-electron chi connectivity index (χ1n) is 11.1. The topological polar surface area (TPSA) is 64.6 Å². The van der Waals surface area contributed by atoms with Gasteiger partial charge in [-0.2, -0.15) is 13.2 Å². The zero-order valence-electron chi connectivity index (χ0n) is 20.3.